The molecule has 3 aromatic rings. The Balaban J connectivity index is 1.93. The minimum atomic E-state index is -0.0227. The van der Waals surface area contributed by atoms with Crippen molar-refractivity contribution < 1.29 is 0 Å². The van der Waals surface area contributed by atoms with Crippen molar-refractivity contribution in [1.29, 1.82) is 5.26 Å². The molecule has 0 amide bonds. The van der Waals surface area contributed by atoms with Crippen LogP contribution in [-0.2, 0) is 0 Å². The zero-order valence-electron chi connectivity index (χ0n) is 12.4. The van der Waals surface area contributed by atoms with Crippen LogP contribution in [0.3, 0.4) is 0 Å². The van der Waals surface area contributed by atoms with Crippen molar-refractivity contribution in [3.8, 4) is 6.07 Å². The van der Waals surface area contributed by atoms with Crippen LogP contribution in [0.1, 0.15) is 28.4 Å². The smallest absolute Gasteiger partial charge is 0.191 e. The molecule has 23 heavy (non-hydrogen) atoms. The normalized spacial score (nSPS) is 12.3. The van der Waals surface area contributed by atoms with Crippen LogP contribution in [0.5, 0.6) is 0 Å². The molecule has 0 saturated heterocycles. The lowest BCUT2D eigenvalue weighted by Gasteiger charge is -2.11. The van der Waals surface area contributed by atoms with Gasteiger partial charge in [0.15, 0.2) is 5.16 Å². The number of aromatic nitrogens is 3. The number of halogens is 1. The topological polar surface area (TPSA) is 88.5 Å². The van der Waals surface area contributed by atoms with Crippen molar-refractivity contribution in [2.24, 2.45) is 0 Å². The molecule has 0 aliphatic heterocycles. The summed E-state index contributed by atoms with van der Waals surface area (Å²) in [6.45, 7) is 4.04. The summed E-state index contributed by atoms with van der Waals surface area (Å²) in [5.74, 6) is 0.279. The van der Waals surface area contributed by atoms with Crippen LogP contribution in [0.4, 0.5) is 5.82 Å². The summed E-state index contributed by atoms with van der Waals surface area (Å²) < 4.78 is 0.997. The number of hydrogen-bond acceptors (Lipinski definition) is 7. The van der Waals surface area contributed by atoms with E-state index in [-0.39, 0.29) is 16.8 Å². The Bertz CT molecular complexity index is 931. The molecule has 1 atom stereocenters. The SMILES string of the molecule is Cc1cc2cc(C(C)Sc3nc(N)cc(C#N)n3)nc(Cl)c2s1. The number of nitrogens with zero attached hydrogens (tertiary/aromatic N) is 4. The van der Waals surface area contributed by atoms with Gasteiger partial charge in [-0.25, -0.2) is 15.0 Å². The van der Waals surface area contributed by atoms with Crippen LogP contribution in [0.15, 0.2) is 23.4 Å². The maximum Gasteiger partial charge on any atom is 0.191 e. The molecule has 0 aliphatic carbocycles. The van der Waals surface area contributed by atoms with E-state index in [1.807, 2.05) is 26.0 Å². The first-order valence-corrected chi connectivity index (χ1v) is 8.81. The molecule has 3 aromatic heterocycles. The predicted octanol–water partition coefficient (Wildman–Crippen LogP) is 4.36. The molecule has 1 unspecified atom stereocenters. The number of fused-ring (bicyclic) bond motifs is 1. The molecule has 0 radical (unpaired) electrons. The molecule has 116 valence electrons. The number of nitrogen functional groups attached to an aromatic ring is 1. The first kappa shape index (κ1) is 16.0. The maximum atomic E-state index is 8.96. The average molecular weight is 362 g/mol. The minimum Gasteiger partial charge on any atom is -0.384 e. The van der Waals surface area contributed by atoms with Gasteiger partial charge in [0.25, 0.3) is 0 Å². The van der Waals surface area contributed by atoms with Crippen molar-refractivity contribution in [3.63, 3.8) is 0 Å². The summed E-state index contributed by atoms with van der Waals surface area (Å²) in [7, 11) is 0. The molecule has 5 nitrogen and oxygen atoms in total. The number of nitrogens with two attached hydrogens (primary N) is 1. The zero-order valence-corrected chi connectivity index (χ0v) is 14.8. The van der Waals surface area contributed by atoms with Crippen molar-refractivity contribution in [1.82, 2.24) is 15.0 Å². The highest BCUT2D eigenvalue weighted by atomic mass is 35.5. The van der Waals surface area contributed by atoms with E-state index in [2.05, 4.69) is 21.0 Å². The Hall–Kier alpha value is -1.88. The number of hydrogen-bond donors (Lipinski definition) is 1. The summed E-state index contributed by atoms with van der Waals surface area (Å²) in [5.41, 5.74) is 6.79. The third kappa shape index (κ3) is 3.39. The fourth-order valence-electron chi connectivity index (χ4n) is 2.14. The Kier molecular flexibility index (Phi) is 4.39. The molecule has 3 heterocycles. The molecular weight excluding hydrogens is 350 g/mol. The molecule has 0 spiro atoms. The quantitative estimate of drug-likeness (QED) is 0.423. The van der Waals surface area contributed by atoms with E-state index in [1.165, 1.54) is 22.7 Å². The van der Waals surface area contributed by atoms with Crippen molar-refractivity contribution in [2.75, 3.05) is 5.73 Å². The van der Waals surface area contributed by atoms with E-state index >= 15 is 0 Å². The molecule has 0 aliphatic rings. The van der Waals surface area contributed by atoms with E-state index in [1.54, 1.807) is 11.3 Å². The molecule has 0 saturated carbocycles. The third-order valence-corrected chi connectivity index (χ3v) is 5.59. The van der Waals surface area contributed by atoms with Crippen LogP contribution in [-0.4, -0.2) is 15.0 Å². The number of rotatable bonds is 3. The Morgan fingerprint density at radius 2 is 2.09 bits per heavy atom. The summed E-state index contributed by atoms with van der Waals surface area (Å²) >= 11 is 9.32. The highest BCUT2D eigenvalue weighted by Crippen LogP contribution is 2.37. The van der Waals surface area contributed by atoms with E-state index in [0.29, 0.717) is 10.3 Å². The van der Waals surface area contributed by atoms with E-state index in [0.717, 1.165) is 15.8 Å². The Morgan fingerprint density at radius 3 is 2.83 bits per heavy atom. The zero-order chi connectivity index (χ0) is 16.6. The number of thioether (sulfide) groups is 1. The third-order valence-electron chi connectivity index (χ3n) is 3.14. The van der Waals surface area contributed by atoms with Gasteiger partial charge in [-0.1, -0.05) is 23.4 Å². The Morgan fingerprint density at radius 1 is 1.30 bits per heavy atom. The fraction of sp³-hybridized carbons (Fsp3) is 0.200. The lowest BCUT2D eigenvalue weighted by molar-refractivity contribution is 0.937. The van der Waals surface area contributed by atoms with Gasteiger partial charge in [-0.3, -0.25) is 0 Å². The second-order valence-electron chi connectivity index (χ2n) is 4.95. The highest BCUT2D eigenvalue weighted by Gasteiger charge is 2.15. The van der Waals surface area contributed by atoms with E-state index < -0.39 is 0 Å². The number of nitriles is 1. The average Bonchev–Trinajstić information content (AvgIpc) is 2.87. The number of anilines is 1. The van der Waals surface area contributed by atoms with Gasteiger partial charge in [0.1, 0.15) is 22.7 Å². The van der Waals surface area contributed by atoms with Crippen LogP contribution in [0, 0.1) is 18.3 Å². The summed E-state index contributed by atoms with van der Waals surface area (Å²) in [6, 6.07) is 7.55. The van der Waals surface area contributed by atoms with Gasteiger partial charge in [-0.15, -0.1) is 11.3 Å². The standard InChI is InChI=1S/C15H12ClN5S2/c1-7-3-9-4-11(20-14(16)13(9)22-7)8(2)23-15-19-10(6-17)5-12(18)21-15/h3-5,8H,1-2H3,(H2,18,19,21). The fourth-order valence-corrected chi connectivity index (χ4v) is 4.20. The molecule has 0 bridgehead atoms. The summed E-state index contributed by atoms with van der Waals surface area (Å²) in [4.78, 5) is 14.0. The lowest BCUT2D eigenvalue weighted by atomic mass is 10.2. The van der Waals surface area contributed by atoms with Crippen molar-refractivity contribution >= 4 is 50.6 Å². The highest BCUT2D eigenvalue weighted by molar-refractivity contribution is 7.99. The number of aryl methyl sites for hydroxylation is 1. The monoisotopic (exact) mass is 361 g/mol. The number of pyridine rings is 1. The second-order valence-corrected chi connectivity index (χ2v) is 7.87. The number of thiophene rings is 1. The molecule has 8 heteroatoms. The van der Waals surface area contributed by atoms with Crippen molar-refractivity contribution in [3.05, 3.63) is 39.6 Å². The Labute approximate surface area is 146 Å². The lowest BCUT2D eigenvalue weighted by Crippen LogP contribution is -2.00. The molecule has 2 N–H and O–H groups in total. The predicted molar refractivity (Wildman–Crippen MR) is 94.8 cm³/mol. The molecule has 3 rings (SSSR count). The molecule has 0 fully saturated rings. The van der Waals surface area contributed by atoms with Gasteiger partial charge in [0.2, 0.25) is 0 Å². The van der Waals surface area contributed by atoms with Gasteiger partial charge >= 0.3 is 0 Å². The minimum absolute atomic E-state index is 0.0227. The molecular formula is C15H12ClN5S2. The van der Waals surface area contributed by atoms with E-state index in [4.69, 9.17) is 22.6 Å². The van der Waals surface area contributed by atoms with Gasteiger partial charge in [-0.2, -0.15) is 5.26 Å². The first-order chi connectivity index (χ1) is 11.0. The van der Waals surface area contributed by atoms with Crippen LogP contribution < -0.4 is 5.73 Å². The van der Waals surface area contributed by atoms with Gasteiger partial charge in [-0.05, 0) is 31.4 Å². The molecule has 0 aromatic carbocycles. The second kappa shape index (κ2) is 6.32. The summed E-state index contributed by atoms with van der Waals surface area (Å²) in [5, 5.41) is 11.0. The van der Waals surface area contributed by atoms with Gasteiger partial charge < -0.3 is 5.73 Å². The first-order valence-electron chi connectivity index (χ1n) is 6.74. The van der Waals surface area contributed by atoms with Gasteiger partial charge in [0.05, 0.1) is 15.6 Å². The van der Waals surface area contributed by atoms with Crippen LogP contribution in [0.25, 0.3) is 10.1 Å². The maximum absolute atomic E-state index is 8.96. The van der Waals surface area contributed by atoms with E-state index in [9.17, 15) is 0 Å². The van der Waals surface area contributed by atoms with Crippen LogP contribution in [0.2, 0.25) is 5.15 Å². The van der Waals surface area contributed by atoms with Crippen molar-refractivity contribution in [2.45, 2.75) is 24.3 Å². The van der Waals surface area contributed by atoms with Gasteiger partial charge in [0, 0.05) is 10.9 Å². The van der Waals surface area contributed by atoms with Crippen LogP contribution >= 0.6 is 34.7 Å². The summed E-state index contributed by atoms with van der Waals surface area (Å²) in [6.07, 6.45) is 0. The largest absolute Gasteiger partial charge is 0.384 e.